The standard InChI is InChI=1S/C23H29N3O3S/c1-17-14-20-15-22(10-11-23(20)26(17)18(2)27)30(28,29)24-21-8-6-19(7-9-21)16-25-12-4-3-5-13-25/h6-11,15,17,24H,3-5,12-14,16H2,1-2H3/t17-/m0/s1. The van der Waals surface area contributed by atoms with E-state index >= 15 is 0 Å². The van der Waals surface area contributed by atoms with Gasteiger partial charge < -0.3 is 4.90 Å². The SMILES string of the molecule is CC(=O)N1c2ccc(S(=O)(=O)Nc3ccc(CN4CCCCC4)cc3)cc2C[C@@H]1C. The van der Waals surface area contributed by atoms with Gasteiger partial charge in [-0.3, -0.25) is 14.4 Å². The summed E-state index contributed by atoms with van der Waals surface area (Å²) < 4.78 is 28.5. The summed E-state index contributed by atoms with van der Waals surface area (Å²) in [5.41, 5.74) is 3.43. The smallest absolute Gasteiger partial charge is 0.261 e. The Hall–Kier alpha value is -2.38. The summed E-state index contributed by atoms with van der Waals surface area (Å²) in [5.74, 6) is -0.0281. The Bertz CT molecular complexity index is 1030. The van der Waals surface area contributed by atoms with Crippen molar-refractivity contribution in [3.05, 3.63) is 53.6 Å². The maximum atomic E-state index is 12.9. The minimum atomic E-state index is -3.69. The van der Waals surface area contributed by atoms with Crippen molar-refractivity contribution in [1.29, 1.82) is 0 Å². The number of piperidine rings is 1. The molecule has 2 aliphatic rings. The van der Waals surface area contributed by atoms with Crippen molar-refractivity contribution in [1.82, 2.24) is 4.90 Å². The molecule has 0 spiro atoms. The third kappa shape index (κ3) is 4.37. The normalized spacial score (nSPS) is 19.5. The maximum Gasteiger partial charge on any atom is 0.261 e. The number of benzene rings is 2. The van der Waals surface area contributed by atoms with Gasteiger partial charge in [-0.2, -0.15) is 0 Å². The van der Waals surface area contributed by atoms with E-state index < -0.39 is 10.0 Å². The number of fused-ring (bicyclic) bond motifs is 1. The molecule has 0 saturated carbocycles. The monoisotopic (exact) mass is 427 g/mol. The molecule has 1 amide bonds. The van der Waals surface area contributed by atoms with E-state index in [9.17, 15) is 13.2 Å². The van der Waals surface area contributed by atoms with Crippen molar-refractivity contribution >= 4 is 27.3 Å². The molecule has 1 N–H and O–H groups in total. The first-order chi connectivity index (χ1) is 14.3. The molecule has 1 atom stereocenters. The zero-order chi connectivity index (χ0) is 21.3. The van der Waals surface area contributed by atoms with Gasteiger partial charge in [-0.25, -0.2) is 8.42 Å². The molecule has 0 radical (unpaired) electrons. The molecule has 1 fully saturated rings. The number of hydrogen-bond acceptors (Lipinski definition) is 4. The van der Waals surface area contributed by atoms with Crippen LogP contribution in [-0.2, 0) is 27.8 Å². The van der Waals surface area contributed by atoms with E-state index in [0.717, 1.165) is 30.9 Å². The fraction of sp³-hybridized carbons (Fsp3) is 0.435. The lowest BCUT2D eigenvalue weighted by Crippen LogP contribution is -2.33. The molecule has 4 rings (SSSR count). The van der Waals surface area contributed by atoms with Gasteiger partial charge in [-0.15, -0.1) is 0 Å². The van der Waals surface area contributed by atoms with Gasteiger partial charge in [-0.05, 0) is 80.7 Å². The molecule has 30 heavy (non-hydrogen) atoms. The van der Waals surface area contributed by atoms with Gasteiger partial charge in [-0.1, -0.05) is 18.6 Å². The summed E-state index contributed by atoms with van der Waals surface area (Å²) in [6, 6.07) is 12.6. The lowest BCUT2D eigenvalue weighted by atomic mass is 10.1. The predicted molar refractivity (Wildman–Crippen MR) is 119 cm³/mol. The van der Waals surface area contributed by atoms with Gasteiger partial charge in [0, 0.05) is 30.9 Å². The Morgan fingerprint density at radius 2 is 1.77 bits per heavy atom. The van der Waals surface area contributed by atoms with Crippen LogP contribution < -0.4 is 9.62 Å². The first-order valence-corrected chi connectivity index (χ1v) is 12.1. The molecule has 2 aromatic rings. The minimum absolute atomic E-state index is 0.0281. The van der Waals surface area contributed by atoms with E-state index in [1.807, 2.05) is 31.2 Å². The molecule has 0 aliphatic carbocycles. The van der Waals surface area contributed by atoms with Gasteiger partial charge >= 0.3 is 0 Å². The van der Waals surface area contributed by atoms with Gasteiger partial charge in [0.25, 0.3) is 10.0 Å². The highest BCUT2D eigenvalue weighted by Gasteiger charge is 2.30. The number of likely N-dealkylation sites (tertiary alicyclic amines) is 1. The number of hydrogen-bond donors (Lipinski definition) is 1. The van der Waals surface area contributed by atoms with Gasteiger partial charge in [0.1, 0.15) is 0 Å². The lowest BCUT2D eigenvalue weighted by molar-refractivity contribution is -0.116. The quantitative estimate of drug-likeness (QED) is 0.789. The average Bonchev–Trinajstić information content (AvgIpc) is 3.05. The number of rotatable bonds is 5. The summed E-state index contributed by atoms with van der Waals surface area (Å²) in [6.07, 6.45) is 4.47. The van der Waals surface area contributed by atoms with E-state index in [0.29, 0.717) is 12.1 Å². The van der Waals surface area contributed by atoms with Crippen LogP contribution in [0.15, 0.2) is 47.4 Å². The molecule has 1 saturated heterocycles. The Kier molecular flexibility index (Phi) is 5.84. The molecule has 6 nitrogen and oxygen atoms in total. The fourth-order valence-corrected chi connectivity index (χ4v) is 5.63. The number of carbonyl (C=O) groups excluding carboxylic acids is 1. The first-order valence-electron chi connectivity index (χ1n) is 10.6. The topological polar surface area (TPSA) is 69.7 Å². The summed E-state index contributed by atoms with van der Waals surface area (Å²) in [4.78, 5) is 16.3. The molecule has 2 heterocycles. The molecule has 2 aliphatic heterocycles. The number of nitrogens with one attached hydrogen (secondary N) is 1. The van der Waals surface area contributed by atoms with E-state index in [1.54, 1.807) is 23.1 Å². The first kappa shape index (κ1) is 20.9. The van der Waals surface area contributed by atoms with Crippen LogP contribution in [-0.4, -0.2) is 38.4 Å². The minimum Gasteiger partial charge on any atom is -0.309 e. The zero-order valence-electron chi connectivity index (χ0n) is 17.6. The molecule has 2 aromatic carbocycles. The fourth-order valence-electron chi connectivity index (χ4n) is 4.52. The second-order valence-electron chi connectivity index (χ2n) is 8.37. The van der Waals surface area contributed by atoms with Crippen molar-refractivity contribution in [2.45, 2.75) is 57.0 Å². The molecule has 0 aromatic heterocycles. The van der Waals surface area contributed by atoms with Crippen molar-refractivity contribution in [2.24, 2.45) is 0 Å². The van der Waals surface area contributed by atoms with Crippen LogP contribution in [0.1, 0.15) is 44.2 Å². The predicted octanol–water partition coefficient (Wildman–Crippen LogP) is 3.77. The third-order valence-corrected chi connectivity index (χ3v) is 7.36. The number of anilines is 2. The highest BCUT2D eigenvalue weighted by Crippen LogP contribution is 2.34. The highest BCUT2D eigenvalue weighted by atomic mass is 32.2. The summed E-state index contributed by atoms with van der Waals surface area (Å²) in [5, 5.41) is 0. The van der Waals surface area contributed by atoms with Crippen LogP contribution in [0.4, 0.5) is 11.4 Å². The summed E-state index contributed by atoms with van der Waals surface area (Å²) in [7, 11) is -3.69. The van der Waals surface area contributed by atoms with Crippen LogP contribution in [0.25, 0.3) is 0 Å². The average molecular weight is 428 g/mol. The Morgan fingerprint density at radius 1 is 1.07 bits per heavy atom. The molecule has 7 heteroatoms. The zero-order valence-corrected chi connectivity index (χ0v) is 18.4. The van der Waals surface area contributed by atoms with E-state index in [1.165, 1.54) is 31.7 Å². The molecule has 160 valence electrons. The molecular weight excluding hydrogens is 398 g/mol. The second kappa shape index (κ2) is 8.40. The van der Waals surface area contributed by atoms with Crippen LogP contribution in [0.5, 0.6) is 0 Å². The van der Waals surface area contributed by atoms with Crippen molar-refractivity contribution in [3.8, 4) is 0 Å². The van der Waals surface area contributed by atoms with Crippen molar-refractivity contribution in [2.75, 3.05) is 22.7 Å². The Balaban J connectivity index is 1.47. The third-order valence-electron chi connectivity index (χ3n) is 5.98. The highest BCUT2D eigenvalue weighted by molar-refractivity contribution is 7.92. The summed E-state index contributed by atoms with van der Waals surface area (Å²) >= 11 is 0. The van der Waals surface area contributed by atoms with Gasteiger partial charge in [0.15, 0.2) is 0 Å². The lowest BCUT2D eigenvalue weighted by Gasteiger charge is -2.26. The van der Waals surface area contributed by atoms with Crippen LogP contribution in [0, 0.1) is 0 Å². The Labute approximate surface area is 178 Å². The van der Waals surface area contributed by atoms with E-state index in [2.05, 4.69) is 9.62 Å². The second-order valence-corrected chi connectivity index (χ2v) is 10.1. The van der Waals surface area contributed by atoms with E-state index in [-0.39, 0.29) is 16.8 Å². The summed E-state index contributed by atoms with van der Waals surface area (Å²) in [6.45, 7) is 6.67. The number of nitrogens with zero attached hydrogens (tertiary/aromatic N) is 2. The van der Waals surface area contributed by atoms with Crippen molar-refractivity contribution < 1.29 is 13.2 Å². The largest absolute Gasteiger partial charge is 0.309 e. The van der Waals surface area contributed by atoms with Crippen LogP contribution >= 0.6 is 0 Å². The van der Waals surface area contributed by atoms with Gasteiger partial charge in [0.05, 0.1) is 4.90 Å². The van der Waals surface area contributed by atoms with Crippen LogP contribution in [0.2, 0.25) is 0 Å². The van der Waals surface area contributed by atoms with Crippen LogP contribution in [0.3, 0.4) is 0 Å². The molecule has 0 bridgehead atoms. The molecular formula is C23H29N3O3S. The molecule has 0 unspecified atom stereocenters. The number of carbonyl (C=O) groups is 1. The number of amides is 1. The van der Waals surface area contributed by atoms with Gasteiger partial charge in [0.2, 0.25) is 5.91 Å². The Morgan fingerprint density at radius 3 is 2.43 bits per heavy atom. The maximum absolute atomic E-state index is 12.9. The van der Waals surface area contributed by atoms with Crippen molar-refractivity contribution in [3.63, 3.8) is 0 Å². The van der Waals surface area contributed by atoms with E-state index in [4.69, 9.17) is 0 Å². The number of sulfonamides is 1.